The highest BCUT2D eigenvalue weighted by Gasteiger charge is 2.04. The fraction of sp³-hybridized carbons (Fsp3) is 0.750. The highest BCUT2D eigenvalue weighted by Crippen LogP contribution is 2.13. The van der Waals surface area contributed by atoms with Crippen molar-refractivity contribution in [3.8, 4) is 0 Å². The maximum Gasteiger partial charge on any atom is 0.133 e. The van der Waals surface area contributed by atoms with Gasteiger partial charge in [-0.15, -0.1) is 0 Å². The molecule has 0 spiro atoms. The molecule has 1 aromatic heterocycles. The van der Waals surface area contributed by atoms with Gasteiger partial charge in [-0.3, -0.25) is 0 Å². The molecule has 1 rings (SSSR count). The van der Waals surface area contributed by atoms with Gasteiger partial charge in [0.1, 0.15) is 17.5 Å². The maximum atomic E-state index is 4.59. The van der Waals surface area contributed by atoms with Crippen LogP contribution in [0.15, 0.2) is 6.07 Å². The van der Waals surface area contributed by atoms with Crippen molar-refractivity contribution in [2.45, 2.75) is 59.8 Å². The predicted octanol–water partition coefficient (Wildman–Crippen LogP) is 4.10. The van der Waals surface area contributed by atoms with E-state index in [1.54, 1.807) is 0 Å². The lowest BCUT2D eigenvalue weighted by Crippen LogP contribution is -2.10. The lowest BCUT2D eigenvalue weighted by atomic mass is 10.1. The third-order valence-corrected chi connectivity index (χ3v) is 3.07. The second-order valence-electron chi connectivity index (χ2n) is 5.69. The van der Waals surface area contributed by atoms with E-state index in [4.69, 9.17) is 0 Å². The predicted molar refractivity (Wildman–Crippen MR) is 87.4 cm³/mol. The van der Waals surface area contributed by atoms with Gasteiger partial charge in [0.25, 0.3) is 0 Å². The quantitative estimate of drug-likeness (QED) is 0.633. The molecule has 20 heavy (non-hydrogen) atoms. The lowest BCUT2D eigenvalue weighted by Gasteiger charge is -2.11. The molecule has 0 aliphatic rings. The van der Waals surface area contributed by atoms with Crippen molar-refractivity contribution in [1.82, 2.24) is 9.97 Å². The highest BCUT2D eigenvalue weighted by atomic mass is 15.1. The Bertz CT molecular complexity index is 377. The lowest BCUT2D eigenvalue weighted by molar-refractivity contribution is 0.566. The SMILES string of the molecule is CCCNc1cc(NCCCC(C)C)nc(CCC)n1. The Balaban J connectivity index is 2.60. The van der Waals surface area contributed by atoms with Gasteiger partial charge in [0.2, 0.25) is 0 Å². The summed E-state index contributed by atoms with van der Waals surface area (Å²) in [5.41, 5.74) is 0. The van der Waals surface area contributed by atoms with Crippen molar-refractivity contribution in [2.75, 3.05) is 23.7 Å². The Kier molecular flexibility index (Phi) is 8.00. The van der Waals surface area contributed by atoms with Gasteiger partial charge in [-0.25, -0.2) is 9.97 Å². The molecule has 0 amide bonds. The standard InChI is InChI=1S/C16H30N4/c1-5-8-14-19-15(17-10-6-2)12-16(20-14)18-11-7-9-13(3)4/h12-13H,5-11H2,1-4H3,(H2,17,18,19,20). The van der Waals surface area contributed by atoms with Gasteiger partial charge in [0, 0.05) is 25.6 Å². The molecule has 0 aromatic carbocycles. The smallest absolute Gasteiger partial charge is 0.133 e. The van der Waals surface area contributed by atoms with E-state index in [1.807, 2.05) is 6.07 Å². The molecule has 4 nitrogen and oxygen atoms in total. The summed E-state index contributed by atoms with van der Waals surface area (Å²) in [6.45, 7) is 10.8. The normalized spacial score (nSPS) is 10.8. The Morgan fingerprint density at radius 1 is 1.00 bits per heavy atom. The summed E-state index contributed by atoms with van der Waals surface area (Å²) in [6, 6.07) is 2.02. The van der Waals surface area contributed by atoms with Crippen molar-refractivity contribution in [3.63, 3.8) is 0 Å². The summed E-state index contributed by atoms with van der Waals surface area (Å²) in [5.74, 6) is 3.59. The summed E-state index contributed by atoms with van der Waals surface area (Å²) >= 11 is 0. The molecule has 0 saturated heterocycles. The van der Waals surface area contributed by atoms with Crippen molar-refractivity contribution >= 4 is 11.6 Å². The molecule has 114 valence electrons. The van der Waals surface area contributed by atoms with E-state index in [0.717, 1.165) is 55.7 Å². The summed E-state index contributed by atoms with van der Waals surface area (Å²) < 4.78 is 0. The van der Waals surface area contributed by atoms with Gasteiger partial charge < -0.3 is 10.6 Å². The van der Waals surface area contributed by atoms with E-state index in [2.05, 4.69) is 48.3 Å². The van der Waals surface area contributed by atoms with Crippen LogP contribution < -0.4 is 10.6 Å². The minimum Gasteiger partial charge on any atom is -0.370 e. The molecular weight excluding hydrogens is 248 g/mol. The number of aryl methyl sites for hydroxylation is 1. The third-order valence-electron chi connectivity index (χ3n) is 3.07. The first-order chi connectivity index (χ1) is 9.65. The van der Waals surface area contributed by atoms with Crippen LogP contribution >= 0.6 is 0 Å². The van der Waals surface area contributed by atoms with Crippen molar-refractivity contribution in [3.05, 3.63) is 11.9 Å². The number of rotatable bonds is 10. The van der Waals surface area contributed by atoms with Crippen LogP contribution in [0.4, 0.5) is 11.6 Å². The molecule has 1 aromatic rings. The van der Waals surface area contributed by atoms with E-state index in [9.17, 15) is 0 Å². The maximum absolute atomic E-state index is 4.59. The summed E-state index contributed by atoms with van der Waals surface area (Å²) in [4.78, 5) is 9.14. The number of hydrogen-bond donors (Lipinski definition) is 2. The second kappa shape index (κ2) is 9.56. The van der Waals surface area contributed by atoms with Crippen LogP contribution in [0.2, 0.25) is 0 Å². The average Bonchev–Trinajstić information content (AvgIpc) is 2.41. The Hall–Kier alpha value is -1.32. The molecule has 0 saturated carbocycles. The van der Waals surface area contributed by atoms with E-state index in [0.29, 0.717) is 0 Å². The van der Waals surface area contributed by atoms with Crippen LogP contribution in [0.1, 0.15) is 59.2 Å². The Morgan fingerprint density at radius 3 is 2.20 bits per heavy atom. The number of nitrogens with zero attached hydrogens (tertiary/aromatic N) is 2. The number of aromatic nitrogens is 2. The molecule has 0 fully saturated rings. The van der Waals surface area contributed by atoms with Crippen LogP contribution in [0, 0.1) is 5.92 Å². The molecule has 1 heterocycles. The molecular formula is C16H30N4. The van der Waals surface area contributed by atoms with Gasteiger partial charge in [0.15, 0.2) is 0 Å². The van der Waals surface area contributed by atoms with Gasteiger partial charge in [-0.05, 0) is 31.6 Å². The van der Waals surface area contributed by atoms with Gasteiger partial charge in [-0.1, -0.05) is 27.7 Å². The first-order valence-electron chi connectivity index (χ1n) is 8.01. The van der Waals surface area contributed by atoms with Crippen LogP contribution in [-0.4, -0.2) is 23.1 Å². The van der Waals surface area contributed by atoms with Crippen LogP contribution in [0.5, 0.6) is 0 Å². The molecule has 2 N–H and O–H groups in total. The van der Waals surface area contributed by atoms with E-state index in [1.165, 1.54) is 12.8 Å². The largest absolute Gasteiger partial charge is 0.370 e. The van der Waals surface area contributed by atoms with Crippen LogP contribution in [0.25, 0.3) is 0 Å². The molecule has 4 heteroatoms. The molecule has 0 radical (unpaired) electrons. The minimum atomic E-state index is 0.764. The molecule has 0 aliphatic carbocycles. The fourth-order valence-electron chi connectivity index (χ4n) is 1.99. The van der Waals surface area contributed by atoms with Crippen molar-refractivity contribution in [2.24, 2.45) is 5.92 Å². The minimum absolute atomic E-state index is 0.764. The molecule has 0 bridgehead atoms. The van der Waals surface area contributed by atoms with Crippen molar-refractivity contribution < 1.29 is 0 Å². The number of hydrogen-bond acceptors (Lipinski definition) is 4. The Labute approximate surface area is 123 Å². The van der Waals surface area contributed by atoms with Gasteiger partial charge in [-0.2, -0.15) is 0 Å². The van der Waals surface area contributed by atoms with E-state index >= 15 is 0 Å². The average molecular weight is 278 g/mol. The first kappa shape index (κ1) is 16.7. The molecule has 0 aliphatic heterocycles. The highest BCUT2D eigenvalue weighted by molar-refractivity contribution is 5.47. The van der Waals surface area contributed by atoms with Crippen LogP contribution in [-0.2, 0) is 6.42 Å². The van der Waals surface area contributed by atoms with Gasteiger partial charge in [0.05, 0.1) is 0 Å². The van der Waals surface area contributed by atoms with E-state index < -0.39 is 0 Å². The Morgan fingerprint density at radius 2 is 1.65 bits per heavy atom. The summed E-state index contributed by atoms with van der Waals surface area (Å²) in [7, 11) is 0. The number of nitrogens with one attached hydrogen (secondary N) is 2. The van der Waals surface area contributed by atoms with Crippen LogP contribution in [0.3, 0.4) is 0 Å². The third kappa shape index (κ3) is 6.73. The number of anilines is 2. The van der Waals surface area contributed by atoms with Gasteiger partial charge >= 0.3 is 0 Å². The zero-order chi connectivity index (χ0) is 14.8. The monoisotopic (exact) mass is 278 g/mol. The molecule has 0 atom stereocenters. The zero-order valence-corrected chi connectivity index (χ0v) is 13.5. The first-order valence-corrected chi connectivity index (χ1v) is 8.01. The zero-order valence-electron chi connectivity index (χ0n) is 13.5. The second-order valence-corrected chi connectivity index (χ2v) is 5.69. The van der Waals surface area contributed by atoms with E-state index in [-0.39, 0.29) is 0 Å². The summed E-state index contributed by atoms with van der Waals surface area (Å²) in [5, 5.41) is 6.78. The topological polar surface area (TPSA) is 49.8 Å². The van der Waals surface area contributed by atoms with Crippen molar-refractivity contribution in [1.29, 1.82) is 0 Å². The molecule has 0 unspecified atom stereocenters. The summed E-state index contributed by atoms with van der Waals surface area (Å²) in [6.07, 6.45) is 5.54. The fourth-order valence-corrected chi connectivity index (χ4v) is 1.99.